The van der Waals surface area contributed by atoms with Crippen LogP contribution >= 0.6 is 0 Å². The highest BCUT2D eigenvalue weighted by Gasteiger charge is 2.04. The molecular formula is C14H17NO4S. The minimum Gasteiger partial charge on any atom is -0.478 e. The molecule has 0 radical (unpaired) electrons. The smallest absolute Gasteiger partial charge is 0.328 e. The number of carbonyl (C=O) groups is 2. The maximum Gasteiger partial charge on any atom is 0.328 e. The number of carboxylic acid groups (broad SMARTS) is 1. The minimum absolute atomic E-state index is 0.194. The second-order valence-electron chi connectivity index (χ2n) is 4.18. The van der Waals surface area contributed by atoms with Crippen molar-refractivity contribution in [3.8, 4) is 0 Å². The van der Waals surface area contributed by atoms with Crippen molar-refractivity contribution < 1.29 is 18.9 Å². The number of carboxylic acids is 1. The van der Waals surface area contributed by atoms with E-state index in [0.29, 0.717) is 29.8 Å². The molecule has 20 heavy (non-hydrogen) atoms. The first-order chi connectivity index (χ1) is 9.49. The molecule has 6 heteroatoms. The Kier molecular flexibility index (Phi) is 6.66. The quantitative estimate of drug-likeness (QED) is 0.586. The molecule has 0 spiro atoms. The standard InChI is InChI=1S/C14H17NO4S/c1-20(19)10-2-9-15-14(18)12-6-3-11(4-7-12)5-8-13(16)17/h3-8H,2,9-10H2,1H3,(H,15,18)(H,16,17)/b8-5+. The van der Waals surface area contributed by atoms with Crippen LogP contribution in [0.3, 0.4) is 0 Å². The van der Waals surface area contributed by atoms with Crippen molar-refractivity contribution in [2.75, 3.05) is 18.6 Å². The molecule has 1 atom stereocenters. The summed E-state index contributed by atoms with van der Waals surface area (Å²) in [7, 11) is -0.841. The van der Waals surface area contributed by atoms with Crippen LogP contribution in [-0.4, -0.2) is 39.7 Å². The molecule has 1 aromatic rings. The van der Waals surface area contributed by atoms with Crippen molar-refractivity contribution in [2.45, 2.75) is 6.42 Å². The molecule has 0 saturated carbocycles. The van der Waals surface area contributed by atoms with Gasteiger partial charge in [0.15, 0.2) is 0 Å². The van der Waals surface area contributed by atoms with Gasteiger partial charge in [-0.3, -0.25) is 9.00 Å². The molecule has 0 aromatic heterocycles. The molecule has 1 aromatic carbocycles. The van der Waals surface area contributed by atoms with E-state index < -0.39 is 16.8 Å². The van der Waals surface area contributed by atoms with Crippen LogP contribution < -0.4 is 5.32 Å². The number of carbonyl (C=O) groups excluding carboxylic acids is 1. The van der Waals surface area contributed by atoms with Gasteiger partial charge in [0.05, 0.1) is 0 Å². The van der Waals surface area contributed by atoms with Gasteiger partial charge in [0.1, 0.15) is 0 Å². The highest BCUT2D eigenvalue weighted by molar-refractivity contribution is 7.84. The lowest BCUT2D eigenvalue weighted by atomic mass is 10.1. The second-order valence-corrected chi connectivity index (χ2v) is 5.73. The van der Waals surface area contributed by atoms with Crippen molar-refractivity contribution in [1.82, 2.24) is 5.32 Å². The van der Waals surface area contributed by atoms with Gasteiger partial charge in [0, 0.05) is 41.0 Å². The van der Waals surface area contributed by atoms with E-state index in [4.69, 9.17) is 5.11 Å². The largest absolute Gasteiger partial charge is 0.478 e. The zero-order chi connectivity index (χ0) is 15.0. The number of amides is 1. The molecule has 0 heterocycles. The average Bonchev–Trinajstić information content (AvgIpc) is 2.41. The summed E-state index contributed by atoms with van der Waals surface area (Å²) < 4.78 is 10.9. The molecule has 0 saturated heterocycles. The van der Waals surface area contributed by atoms with E-state index in [1.54, 1.807) is 30.5 Å². The van der Waals surface area contributed by atoms with Crippen LogP contribution in [0, 0.1) is 0 Å². The summed E-state index contributed by atoms with van der Waals surface area (Å²) in [6.45, 7) is 0.485. The highest BCUT2D eigenvalue weighted by atomic mass is 32.2. The summed E-state index contributed by atoms with van der Waals surface area (Å²) in [5.74, 6) is -0.639. The molecule has 1 rings (SSSR count). The molecule has 0 aliphatic rings. The van der Waals surface area contributed by atoms with Crippen molar-refractivity contribution in [3.63, 3.8) is 0 Å². The Morgan fingerprint density at radius 1 is 1.30 bits per heavy atom. The third-order valence-corrected chi connectivity index (χ3v) is 3.35. The summed E-state index contributed by atoms with van der Waals surface area (Å²) in [4.78, 5) is 22.1. The van der Waals surface area contributed by atoms with E-state index in [1.807, 2.05) is 0 Å². The van der Waals surface area contributed by atoms with Crippen molar-refractivity contribution >= 4 is 28.8 Å². The first-order valence-corrected chi connectivity index (χ1v) is 7.81. The lowest BCUT2D eigenvalue weighted by molar-refractivity contribution is -0.131. The van der Waals surface area contributed by atoms with Crippen LogP contribution in [0.4, 0.5) is 0 Å². The van der Waals surface area contributed by atoms with E-state index >= 15 is 0 Å². The molecule has 2 N–H and O–H groups in total. The van der Waals surface area contributed by atoms with Gasteiger partial charge in [-0.2, -0.15) is 0 Å². The fraction of sp³-hybridized carbons (Fsp3) is 0.286. The average molecular weight is 295 g/mol. The minimum atomic E-state index is -1.01. The van der Waals surface area contributed by atoms with Crippen molar-refractivity contribution in [2.24, 2.45) is 0 Å². The molecule has 1 amide bonds. The molecule has 0 fully saturated rings. The van der Waals surface area contributed by atoms with Crippen LogP contribution in [0.2, 0.25) is 0 Å². The number of nitrogens with one attached hydrogen (secondary N) is 1. The Hall–Kier alpha value is -1.95. The Morgan fingerprint density at radius 2 is 1.95 bits per heavy atom. The second kappa shape index (κ2) is 8.27. The molecule has 0 aliphatic heterocycles. The number of hydrogen-bond acceptors (Lipinski definition) is 3. The summed E-state index contributed by atoms with van der Waals surface area (Å²) in [5, 5.41) is 11.2. The zero-order valence-electron chi connectivity index (χ0n) is 11.2. The van der Waals surface area contributed by atoms with E-state index in [-0.39, 0.29) is 5.91 Å². The topological polar surface area (TPSA) is 83.5 Å². The monoisotopic (exact) mass is 295 g/mol. The lowest BCUT2D eigenvalue weighted by Crippen LogP contribution is -2.25. The SMILES string of the molecule is CS(=O)CCCNC(=O)c1ccc(/C=C/C(=O)O)cc1. The molecule has 0 bridgehead atoms. The lowest BCUT2D eigenvalue weighted by Gasteiger charge is -2.04. The Labute approximate surface area is 120 Å². The third kappa shape index (κ3) is 6.29. The number of hydrogen-bond donors (Lipinski definition) is 2. The third-order valence-electron chi connectivity index (χ3n) is 2.49. The van der Waals surface area contributed by atoms with E-state index in [2.05, 4.69) is 5.32 Å². The first kappa shape index (κ1) is 16.1. The predicted molar refractivity (Wildman–Crippen MR) is 79.0 cm³/mol. The summed E-state index contributed by atoms with van der Waals surface area (Å²) in [5.41, 5.74) is 1.22. The normalized spacial score (nSPS) is 12.2. The van der Waals surface area contributed by atoms with Crippen molar-refractivity contribution in [1.29, 1.82) is 0 Å². The summed E-state index contributed by atoms with van der Waals surface area (Å²) >= 11 is 0. The molecule has 1 unspecified atom stereocenters. The Bertz CT molecular complexity index is 522. The van der Waals surface area contributed by atoms with Gasteiger partial charge in [0.2, 0.25) is 0 Å². The van der Waals surface area contributed by atoms with Gasteiger partial charge in [-0.05, 0) is 30.2 Å². The highest BCUT2D eigenvalue weighted by Crippen LogP contribution is 2.06. The van der Waals surface area contributed by atoms with Crippen LogP contribution in [0.15, 0.2) is 30.3 Å². The zero-order valence-corrected chi connectivity index (χ0v) is 12.0. The summed E-state index contributed by atoms with van der Waals surface area (Å²) in [6, 6.07) is 6.62. The molecule has 0 aliphatic carbocycles. The maximum atomic E-state index is 11.8. The predicted octanol–water partition coefficient (Wildman–Crippen LogP) is 1.28. The van der Waals surface area contributed by atoms with Gasteiger partial charge in [-0.25, -0.2) is 4.79 Å². The van der Waals surface area contributed by atoms with Gasteiger partial charge in [-0.1, -0.05) is 12.1 Å². The fourth-order valence-corrected chi connectivity index (χ4v) is 2.04. The van der Waals surface area contributed by atoms with Crippen LogP contribution in [0.25, 0.3) is 6.08 Å². The number of benzene rings is 1. The Balaban J connectivity index is 2.49. The molecule has 108 valence electrons. The number of aliphatic carboxylic acids is 1. The molecule has 5 nitrogen and oxygen atoms in total. The molecular weight excluding hydrogens is 278 g/mol. The van der Waals surface area contributed by atoms with Gasteiger partial charge >= 0.3 is 5.97 Å². The van der Waals surface area contributed by atoms with E-state index in [9.17, 15) is 13.8 Å². The number of rotatable bonds is 7. The fourth-order valence-electron chi connectivity index (χ4n) is 1.49. The first-order valence-electron chi connectivity index (χ1n) is 6.08. The van der Waals surface area contributed by atoms with Gasteiger partial charge in [-0.15, -0.1) is 0 Å². The summed E-state index contributed by atoms with van der Waals surface area (Å²) in [6.07, 6.45) is 4.81. The van der Waals surface area contributed by atoms with Gasteiger partial charge in [0.25, 0.3) is 5.91 Å². The Morgan fingerprint density at radius 3 is 2.50 bits per heavy atom. The van der Waals surface area contributed by atoms with Crippen LogP contribution in [0.1, 0.15) is 22.3 Å². The van der Waals surface area contributed by atoms with E-state index in [1.165, 1.54) is 6.08 Å². The maximum absolute atomic E-state index is 11.8. The van der Waals surface area contributed by atoms with Crippen LogP contribution in [0.5, 0.6) is 0 Å². The van der Waals surface area contributed by atoms with Crippen molar-refractivity contribution in [3.05, 3.63) is 41.5 Å². The van der Waals surface area contributed by atoms with Gasteiger partial charge < -0.3 is 10.4 Å². The van der Waals surface area contributed by atoms with Crippen LogP contribution in [-0.2, 0) is 15.6 Å². The van der Waals surface area contributed by atoms with E-state index in [0.717, 1.165) is 6.08 Å².